The van der Waals surface area contributed by atoms with Crippen molar-refractivity contribution >= 4 is 9.84 Å². The van der Waals surface area contributed by atoms with Gasteiger partial charge in [0.15, 0.2) is 0 Å². The van der Waals surface area contributed by atoms with Gasteiger partial charge in [-0.25, -0.2) is 13.4 Å². The summed E-state index contributed by atoms with van der Waals surface area (Å²) in [5, 5.41) is 3.01. The van der Waals surface area contributed by atoms with Crippen molar-refractivity contribution in [2.45, 2.75) is 6.54 Å². The van der Waals surface area contributed by atoms with E-state index in [4.69, 9.17) is 4.74 Å². The molecule has 0 aromatic carbocycles. The first kappa shape index (κ1) is 12.9. The fourth-order valence-corrected chi connectivity index (χ4v) is 1.66. The van der Waals surface area contributed by atoms with E-state index in [2.05, 4.69) is 10.3 Å². The van der Waals surface area contributed by atoms with Crippen molar-refractivity contribution in [1.29, 1.82) is 0 Å². The van der Waals surface area contributed by atoms with Gasteiger partial charge in [-0.05, 0) is 6.07 Å². The van der Waals surface area contributed by atoms with Gasteiger partial charge in [0.1, 0.15) is 9.84 Å². The topological polar surface area (TPSA) is 68.3 Å². The van der Waals surface area contributed by atoms with E-state index >= 15 is 0 Å². The molecule has 1 rings (SSSR count). The molecule has 5 nitrogen and oxygen atoms in total. The number of nitrogens with one attached hydrogen (secondary N) is 1. The van der Waals surface area contributed by atoms with E-state index in [-0.39, 0.29) is 5.75 Å². The number of rotatable bonds is 6. The molecule has 0 spiro atoms. The monoisotopic (exact) mass is 244 g/mol. The molecule has 0 amide bonds. The number of methoxy groups -OCH3 is 1. The van der Waals surface area contributed by atoms with Gasteiger partial charge in [0, 0.05) is 25.4 Å². The Kier molecular flexibility index (Phi) is 4.70. The van der Waals surface area contributed by atoms with Gasteiger partial charge < -0.3 is 10.1 Å². The molecule has 1 N–H and O–H groups in total. The van der Waals surface area contributed by atoms with Gasteiger partial charge in [-0.2, -0.15) is 0 Å². The third-order valence-corrected chi connectivity index (χ3v) is 2.89. The second-order valence-electron chi connectivity index (χ2n) is 3.48. The van der Waals surface area contributed by atoms with Crippen molar-refractivity contribution in [2.24, 2.45) is 0 Å². The summed E-state index contributed by atoms with van der Waals surface area (Å²) in [6.07, 6.45) is 1.22. The zero-order valence-corrected chi connectivity index (χ0v) is 10.3. The molecule has 0 saturated carbocycles. The fraction of sp³-hybridized carbons (Fsp3) is 0.500. The first-order valence-corrected chi connectivity index (χ1v) is 6.96. The summed E-state index contributed by atoms with van der Waals surface area (Å²) in [4.78, 5) is 4.19. The lowest BCUT2D eigenvalue weighted by Crippen LogP contribution is -2.22. The molecule has 0 aliphatic heterocycles. The van der Waals surface area contributed by atoms with E-state index in [1.807, 2.05) is 12.1 Å². The minimum Gasteiger partial charge on any atom is -0.481 e. The average Bonchev–Trinajstić information content (AvgIpc) is 2.23. The van der Waals surface area contributed by atoms with Crippen LogP contribution in [0.15, 0.2) is 18.2 Å². The second-order valence-corrected chi connectivity index (χ2v) is 5.74. The van der Waals surface area contributed by atoms with E-state index in [0.717, 1.165) is 5.69 Å². The van der Waals surface area contributed by atoms with Crippen molar-refractivity contribution in [3.63, 3.8) is 0 Å². The van der Waals surface area contributed by atoms with Crippen LogP contribution in [0.4, 0.5) is 0 Å². The van der Waals surface area contributed by atoms with Crippen molar-refractivity contribution in [3.8, 4) is 5.88 Å². The molecule has 0 aliphatic carbocycles. The zero-order chi connectivity index (χ0) is 12.0. The Bertz CT molecular complexity index is 431. The molecule has 0 unspecified atom stereocenters. The van der Waals surface area contributed by atoms with E-state index in [0.29, 0.717) is 19.0 Å². The van der Waals surface area contributed by atoms with Gasteiger partial charge in [0.25, 0.3) is 0 Å². The van der Waals surface area contributed by atoms with E-state index in [1.165, 1.54) is 6.26 Å². The molecule has 1 aromatic heterocycles. The van der Waals surface area contributed by atoms with Crippen LogP contribution in [-0.2, 0) is 16.4 Å². The quantitative estimate of drug-likeness (QED) is 0.725. The molecule has 16 heavy (non-hydrogen) atoms. The highest BCUT2D eigenvalue weighted by molar-refractivity contribution is 7.90. The smallest absolute Gasteiger partial charge is 0.213 e. The Balaban J connectivity index is 2.37. The van der Waals surface area contributed by atoms with Crippen LogP contribution in [0.3, 0.4) is 0 Å². The van der Waals surface area contributed by atoms with E-state index in [9.17, 15) is 8.42 Å². The van der Waals surface area contributed by atoms with Crippen LogP contribution in [0.1, 0.15) is 5.69 Å². The molecule has 1 aromatic rings. The normalized spacial score (nSPS) is 11.4. The van der Waals surface area contributed by atoms with E-state index in [1.54, 1.807) is 13.2 Å². The van der Waals surface area contributed by atoms with Crippen LogP contribution in [0.5, 0.6) is 5.88 Å². The predicted octanol–water partition coefficient (Wildman–Crippen LogP) is 0.224. The van der Waals surface area contributed by atoms with Gasteiger partial charge in [0.2, 0.25) is 5.88 Å². The van der Waals surface area contributed by atoms with Gasteiger partial charge in [0.05, 0.1) is 18.6 Å². The van der Waals surface area contributed by atoms with Crippen LogP contribution in [0.25, 0.3) is 0 Å². The van der Waals surface area contributed by atoms with Crippen LogP contribution in [0.2, 0.25) is 0 Å². The molecule has 0 fully saturated rings. The summed E-state index contributed by atoms with van der Waals surface area (Å²) >= 11 is 0. The lowest BCUT2D eigenvalue weighted by atomic mass is 10.3. The number of sulfone groups is 1. The molecule has 0 aliphatic rings. The number of nitrogens with zero attached hydrogens (tertiary/aromatic N) is 1. The SMILES string of the molecule is COc1cccc(CNCCS(C)(=O)=O)n1. The standard InChI is InChI=1S/C10H16N2O3S/c1-15-10-5-3-4-9(12-10)8-11-6-7-16(2,13)14/h3-5,11H,6-8H2,1-2H3. The molecule has 0 atom stereocenters. The molecule has 0 radical (unpaired) electrons. The van der Waals surface area contributed by atoms with Gasteiger partial charge in [-0.15, -0.1) is 0 Å². The number of pyridine rings is 1. The molecular formula is C10H16N2O3S. The lowest BCUT2D eigenvalue weighted by molar-refractivity contribution is 0.395. The Hall–Kier alpha value is -1.14. The first-order valence-electron chi connectivity index (χ1n) is 4.89. The minimum atomic E-state index is -2.90. The van der Waals surface area contributed by atoms with Crippen LogP contribution >= 0.6 is 0 Å². The summed E-state index contributed by atoms with van der Waals surface area (Å²) in [5.74, 6) is 0.694. The van der Waals surface area contributed by atoms with Crippen LogP contribution in [0, 0.1) is 0 Å². The highest BCUT2D eigenvalue weighted by Crippen LogP contribution is 2.05. The summed E-state index contributed by atoms with van der Waals surface area (Å²) in [7, 11) is -1.34. The second kappa shape index (κ2) is 5.81. The number of aromatic nitrogens is 1. The lowest BCUT2D eigenvalue weighted by Gasteiger charge is -2.05. The Morgan fingerprint density at radius 3 is 2.81 bits per heavy atom. The predicted molar refractivity (Wildman–Crippen MR) is 62.2 cm³/mol. The largest absolute Gasteiger partial charge is 0.481 e. The van der Waals surface area contributed by atoms with Gasteiger partial charge in [-0.1, -0.05) is 6.07 Å². The third kappa shape index (κ3) is 5.09. The average molecular weight is 244 g/mol. The highest BCUT2D eigenvalue weighted by Gasteiger charge is 2.01. The van der Waals surface area contributed by atoms with Crippen molar-refractivity contribution < 1.29 is 13.2 Å². The van der Waals surface area contributed by atoms with Gasteiger partial charge in [-0.3, -0.25) is 0 Å². The molecule has 1 heterocycles. The summed E-state index contributed by atoms with van der Waals surface area (Å²) < 4.78 is 26.7. The molecule has 0 saturated heterocycles. The Morgan fingerprint density at radius 2 is 2.19 bits per heavy atom. The zero-order valence-electron chi connectivity index (χ0n) is 9.43. The van der Waals surface area contributed by atoms with Gasteiger partial charge >= 0.3 is 0 Å². The summed E-state index contributed by atoms with van der Waals surface area (Å²) in [6, 6.07) is 5.47. The summed E-state index contributed by atoms with van der Waals surface area (Å²) in [5.41, 5.74) is 0.827. The molecule has 90 valence electrons. The highest BCUT2D eigenvalue weighted by atomic mass is 32.2. The minimum absolute atomic E-state index is 0.136. The first-order chi connectivity index (χ1) is 7.51. The maximum absolute atomic E-state index is 10.9. The van der Waals surface area contributed by atoms with Crippen molar-refractivity contribution in [1.82, 2.24) is 10.3 Å². The van der Waals surface area contributed by atoms with Crippen LogP contribution in [-0.4, -0.2) is 39.1 Å². The molecule has 0 bridgehead atoms. The molecular weight excluding hydrogens is 228 g/mol. The third-order valence-electron chi connectivity index (χ3n) is 1.95. The Labute approximate surface area is 95.8 Å². The molecule has 6 heteroatoms. The van der Waals surface area contributed by atoms with E-state index < -0.39 is 9.84 Å². The van der Waals surface area contributed by atoms with Crippen LogP contribution < -0.4 is 10.1 Å². The maximum Gasteiger partial charge on any atom is 0.213 e. The van der Waals surface area contributed by atoms with Crippen molar-refractivity contribution in [3.05, 3.63) is 23.9 Å². The number of hydrogen-bond acceptors (Lipinski definition) is 5. The fourth-order valence-electron chi connectivity index (χ4n) is 1.14. The maximum atomic E-state index is 10.9. The number of ether oxygens (including phenoxy) is 1. The Morgan fingerprint density at radius 1 is 1.44 bits per heavy atom. The number of hydrogen-bond donors (Lipinski definition) is 1. The van der Waals surface area contributed by atoms with Crippen molar-refractivity contribution in [2.75, 3.05) is 25.7 Å². The summed E-state index contributed by atoms with van der Waals surface area (Å²) in [6.45, 7) is 0.963.